The molecule has 1 fully saturated rings. The van der Waals surface area contributed by atoms with Gasteiger partial charge in [0.2, 0.25) is 11.8 Å². The molecule has 1 aromatic carbocycles. The molecule has 3 rings (SSSR count). The molecule has 134 valence electrons. The molecule has 0 radical (unpaired) electrons. The largest absolute Gasteiger partial charge is 0.339 e. The second-order valence-corrected chi connectivity index (χ2v) is 7.64. The Bertz CT molecular complexity index is 763. The Morgan fingerprint density at radius 1 is 1.24 bits per heavy atom. The maximum absolute atomic E-state index is 13.4. The number of hydrogen-bond acceptors (Lipinski definition) is 4. The minimum absolute atomic E-state index is 0.169. The van der Waals surface area contributed by atoms with Gasteiger partial charge < -0.3 is 9.42 Å². The highest BCUT2D eigenvalue weighted by atomic mass is 19.1. The van der Waals surface area contributed by atoms with E-state index in [9.17, 15) is 13.6 Å². The van der Waals surface area contributed by atoms with Gasteiger partial charge in [-0.05, 0) is 24.0 Å². The van der Waals surface area contributed by atoms with Crippen LogP contribution in [0.1, 0.15) is 51.2 Å². The minimum Gasteiger partial charge on any atom is -0.339 e. The summed E-state index contributed by atoms with van der Waals surface area (Å²) in [5, 5.41) is 3.98. The Hall–Kier alpha value is -2.31. The van der Waals surface area contributed by atoms with Crippen molar-refractivity contribution in [3.8, 4) is 0 Å². The van der Waals surface area contributed by atoms with Crippen LogP contribution in [-0.2, 0) is 11.2 Å². The van der Waals surface area contributed by atoms with Gasteiger partial charge in [-0.25, -0.2) is 8.78 Å². The van der Waals surface area contributed by atoms with Crippen molar-refractivity contribution in [2.45, 2.75) is 46.0 Å². The molecule has 0 N–H and O–H groups in total. The van der Waals surface area contributed by atoms with Gasteiger partial charge in [0.15, 0.2) is 5.82 Å². The summed E-state index contributed by atoms with van der Waals surface area (Å²) in [5.41, 5.74) is 0.375. The van der Waals surface area contributed by atoms with Crippen LogP contribution in [-0.4, -0.2) is 22.6 Å². The second kappa shape index (κ2) is 6.54. The van der Waals surface area contributed by atoms with Gasteiger partial charge in [-0.15, -0.1) is 0 Å². The summed E-state index contributed by atoms with van der Waals surface area (Å²) in [4.78, 5) is 18.0. The zero-order valence-electron chi connectivity index (χ0n) is 14.6. The molecule has 2 heterocycles. The highest BCUT2D eigenvalue weighted by Gasteiger charge is 2.35. The molecule has 1 aliphatic heterocycles. The standard InChI is InChI=1S/C18H21F2N3O2/c1-18(2,3)5-4-15-21-17(25-22-15)11-6-16(24)23(10-11)14-8-12(19)7-13(20)9-14/h7-9,11H,4-6,10H2,1-3H3. The Balaban J connectivity index is 1.71. The number of carbonyl (C=O) groups is 1. The summed E-state index contributed by atoms with van der Waals surface area (Å²) in [5.74, 6) is -0.898. The number of nitrogens with zero attached hydrogens (tertiary/aromatic N) is 3. The fraction of sp³-hybridized carbons (Fsp3) is 0.500. The molecule has 0 aliphatic carbocycles. The number of aryl methyl sites for hydroxylation is 1. The minimum atomic E-state index is -0.714. The van der Waals surface area contributed by atoms with Crippen LogP contribution in [0.5, 0.6) is 0 Å². The lowest BCUT2D eigenvalue weighted by molar-refractivity contribution is -0.117. The van der Waals surface area contributed by atoms with E-state index in [-0.39, 0.29) is 35.9 Å². The quantitative estimate of drug-likeness (QED) is 0.841. The van der Waals surface area contributed by atoms with E-state index in [0.29, 0.717) is 18.1 Å². The molecule has 0 bridgehead atoms. The van der Waals surface area contributed by atoms with E-state index in [1.165, 1.54) is 4.90 Å². The summed E-state index contributed by atoms with van der Waals surface area (Å²) in [7, 11) is 0. The molecule has 5 nitrogen and oxygen atoms in total. The van der Waals surface area contributed by atoms with Crippen molar-refractivity contribution in [3.05, 3.63) is 41.5 Å². The van der Waals surface area contributed by atoms with Crippen molar-refractivity contribution in [1.82, 2.24) is 10.1 Å². The number of carbonyl (C=O) groups excluding carboxylic acids is 1. The predicted molar refractivity (Wildman–Crippen MR) is 88.1 cm³/mol. The highest BCUT2D eigenvalue weighted by Crippen LogP contribution is 2.32. The molecule has 1 aromatic heterocycles. The fourth-order valence-electron chi connectivity index (χ4n) is 2.84. The molecular formula is C18H21F2N3O2. The number of amides is 1. The van der Waals surface area contributed by atoms with Crippen LogP contribution in [0.2, 0.25) is 0 Å². The average molecular weight is 349 g/mol. The van der Waals surface area contributed by atoms with Gasteiger partial charge in [-0.1, -0.05) is 25.9 Å². The van der Waals surface area contributed by atoms with Crippen LogP contribution in [0.25, 0.3) is 0 Å². The zero-order valence-corrected chi connectivity index (χ0v) is 14.6. The lowest BCUT2D eigenvalue weighted by atomic mass is 9.90. The highest BCUT2D eigenvalue weighted by molar-refractivity contribution is 5.96. The Morgan fingerprint density at radius 3 is 2.56 bits per heavy atom. The van der Waals surface area contributed by atoms with Crippen LogP contribution in [0, 0.1) is 17.0 Å². The monoisotopic (exact) mass is 349 g/mol. The van der Waals surface area contributed by atoms with Crippen molar-refractivity contribution in [2.75, 3.05) is 11.4 Å². The molecule has 1 unspecified atom stereocenters. The SMILES string of the molecule is CC(C)(C)CCc1noc(C2CC(=O)N(c3cc(F)cc(F)c3)C2)n1. The summed E-state index contributed by atoms with van der Waals surface area (Å²) >= 11 is 0. The third-order valence-electron chi connectivity index (χ3n) is 4.22. The Morgan fingerprint density at radius 2 is 1.92 bits per heavy atom. The summed E-state index contributed by atoms with van der Waals surface area (Å²) in [6, 6.07) is 3.07. The number of rotatable bonds is 4. The first kappa shape index (κ1) is 17.5. The van der Waals surface area contributed by atoms with Crippen LogP contribution >= 0.6 is 0 Å². The van der Waals surface area contributed by atoms with Crippen LogP contribution < -0.4 is 4.90 Å². The maximum atomic E-state index is 13.4. The van der Waals surface area contributed by atoms with E-state index in [2.05, 4.69) is 30.9 Å². The van der Waals surface area contributed by atoms with E-state index in [0.717, 1.165) is 24.6 Å². The molecule has 1 atom stereocenters. The summed E-state index contributed by atoms with van der Waals surface area (Å²) < 4.78 is 32.1. The Labute approximate surface area is 145 Å². The van der Waals surface area contributed by atoms with Crippen LogP contribution in [0.4, 0.5) is 14.5 Å². The van der Waals surface area contributed by atoms with E-state index >= 15 is 0 Å². The van der Waals surface area contributed by atoms with Gasteiger partial charge in [0.1, 0.15) is 11.6 Å². The van der Waals surface area contributed by atoms with Crippen LogP contribution in [0.15, 0.2) is 22.7 Å². The van der Waals surface area contributed by atoms with Gasteiger partial charge in [-0.3, -0.25) is 4.79 Å². The van der Waals surface area contributed by atoms with E-state index < -0.39 is 11.6 Å². The molecule has 7 heteroatoms. The number of halogens is 2. The number of hydrogen-bond donors (Lipinski definition) is 0. The number of anilines is 1. The topological polar surface area (TPSA) is 59.2 Å². The summed E-state index contributed by atoms with van der Waals surface area (Å²) in [6.07, 6.45) is 1.80. The first-order chi connectivity index (χ1) is 11.7. The normalized spacial score (nSPS) is 18.2. The second-order valence-electron chi connectivity index (χ2n) is 7.64. The maximum Gasteiger partial charge on any atom is 0.232 e. The van der Waals surface area contributed by atoms with Gasteiger partial charge in [-0.2, -0.15) is 4.98 Å². The van der Waals surface area contributed by atoms with Crippen molar-refractivity contribution in [3.63, 3.8) is 0 Å². The van der Waals surface area contributed by atoms with E-state index in [4.69, 9.17) is 4.52 Å². The lowest BCUT2D eigenvalue weighted by Gasteiger charge is -2.16. The molecule has 0 spiro atoms. The number of aromatic nitrogens is 2. The smallest absolute Gasteiger partial charge is 0.232 e. The number of benzene rings is 1. The fourth-order valence-corrected chi connectivity index (χ4v) is 2.84. The third-order valence-corrected chi connectivity index (χ3v) is 4.22. The molecule has 25 heavy (non-hydrogen) atoms. The van der Waals surface area contributed by atoms with Crippen molar-refractivity contribution < 1.29 is 18.1 Å². The van der Waals surface area contributed by atoms with E-state index in [1.807, 2.05) is 0 Å². The predicted octanol–water partition coefficient (Wildman–Crippen LogP) is 3.85. The molecular weight excluding hydrogens is 328 g/mol. The molecule has 1 aliphatic rings. The lowest BCUT2D eigenvalue weighted by Crippen LogP contribution is -2.24. The average Bonchev–Trinajstić information content (AvgIpc) is 3.09. The molecule has 1 amide bonds. The van der Waals surface area contributed by atoms with Gasteiger partial charge in [0.05, 0.1) is 5.92 Å². The summed E-state index contributed by atoms with van der Waals surface area (Å²) in [6.45, 7) is 6.68. The van der Waals surface area contributed by atoms with Gasteiger partial charge in [0.25, 0.3) is 0 Å². The molecule has 2 aromatic rings. The zero-order chi connectivity index (χ0) is 18.2. The Kier molecular flexibility index (Phi) is 4.58. The van der Waals surface area contributed by atoms with Crippen molar-refractivity contribution >= 4 is 11.6 Å². The molecule has 1 saturated heterocycles. The third kappa shape index (κ3) is 4.21. The first-order valence-electron chi connectivity index (χ1n) is 8.30. The van der Waals surface area contributed by atoms with E-state index in [1.54, 1.807) is 0 Å². The van der Waals surface area contributed by atoms with Crippen molar-refractivity contribution in [1.29, 1.82) is 0 Å². The molecule has 0 saturated carbocycles. The van der Waals surface area contributed by atoms with Gasteiger partial charge >= 0.3 is 0 Å². The van der Waals surface area contributed by atoms with Crippen LogP contribution in [0.3, 0.4) is 0 Å². The van der Waals surface area contributed by atoms with Crippen molar-refractivity contribution in [2.24, 2.45) is 5.41 Å². The first-order valence-corrected chi connectivity index (χ1v) is 8.30. The van der Waals surface area contributed by atoms with Gasteiger partial charge in [0, 0.05) is 31.1 Å².